The molecule has 4 rings (SSSR count). The predicted octanol–water partition coefficient (Wildman–Crippen LogP) is 5.10. The fourth-order valence-electron chi connectivity index (χ4n) is 4.00. The quantitative estimate of drug-likeness (QED) is 0.495. The van der Waals surface area contributed by atoms with Crippen molar-refractivity contribution < 1.29 is 4.74 Å². The molecule has 2 heterocycles. The van der Waals surface area contributed by atoms with E-state index in [2.05, 4.69) is 64.3 Å². The van der Waals surface area contributed by atoms with Gasteiger partial charge in [-0.3, -0.25) is 0 Å². The standard InChI is InChI=1S/C24H30N4OS/c1-16-17(2)30-24(27-16)28-20-11-12-22(29-3)19(14-20)15-26-21-10-7-13-25-23(21)18-8-5-4-6-9-18/h4-6,8-9,11-12,14,21,23,25-26H,7,10,13,15H2,1-3H3,(H,27,28)/t21-,23-/m0/s1. The van der Waals surface area contributed by atoms with Gasteiger partial charge in [0.15, 0.2) is 5.13 Å². The molecule has 1 aliphatic heterocycles. The van der Waals surface area contributed by atoms with E-state index in [0.29, 0.717) is 12.1 Å². The maximum atomic E-state index is 5.63. The average molecular weight is 423 g/mol. The van der Waals surface area contributed by atoms with Crippen molar-refractivity contribution in [3.8, 4) is 5.75 Å². The molecule has 3 N–H and O–H groups in total. The van der Waals surface area contributed by atoms with E-state index in [0.717, 1.165) is 47.3 Å². The number of benzene rings is 2. The largest absolute Gasteiger partial charge is 0.496 e. The van der Waals surface area contributed by atoms with Gasteiger partial charge in [0.25, 0.3) is 0 Å². The van der Waals surface area contributed by atoms with Gasteiger partial charge in [0.2, 0.25) is 0 Å². The van der Waals surface area contributed by atoms with Gasteiger partial charge in [-0.1, -0.05) is 30.3 Å². The molecule has 1 fully saturated rings. The third-order valence-corrected chi connectivity index (χ3v) is 6.72. The van der Waals surface area contributed by atoms with Crippen LogP contribution in [0.25, 0.3) is 0 Å². The fraction of sp³-hybridized carbons (Fsp3) is 0.375. The number of hydrogen-bond acceptors (Lipinski definition) is 6. The Labute approximate surface area is 182 Å². The first kappa shape index (κ1) is 20.8. The lowest BCUT2D eigenvalue weighted by molar-refractivity contribution is 0.303. The van der Waals surface area contributed by atoms with Gasteiger partial charge in [-0.15, -0.1) is 11.3 Å². The van der Waals surface area contributed by atoms with Gasteiger partial charge in [0, 0.05) is 34.8 Å². The third-order valence-electron chi connectivity index (χ3n) is 5.73. The van der Waals surface area contributed by atoms with Crippen molar-refractivity contribution in [1.82, 2.24) is 15.6 Å². The van der Waals surface area contributed by atoms with Crippen LogP contribution in [0.1, 0.15) is 40.6 Å². The number of anilines is 2. The number of aryl methyl sites for hydroxylation is 2. The van der Waals surface area contributed by atoms with Crippen LogP contribution in [0.4, 0.5) is 10.8 Å². The molecule has 0 bridgehead atoms. The highest BCUT2D eigenvalue weighted by atomic mass is 32.1. The number of aromatic nitrogens is 1. The lowest BCUT2D eigenvalue weighted by Crippen LogP contribution is -2.45. The second-order valence-corrected chi connectivity index (χ2v) is 8.99. The molecule has 0 unspecified atom stereocenters. The summed E-state index contributed by atoms with van der Waals surface area (Å²) in [4.78, 5) is 5.83. The average Bonchev–Trinajstić information content (AvgIpc) is 3.09. The Kier molecular flexibility index (Phi) is 6.67. The molecule has 1 aliphatic rings. The first-order valence-corrected chi connectivity index (χ1v) is 11.4. The van der Waals surface area contributed by atoms with Crippen LogP contribution in [0, 0.1) is 13.8 Å². The van der Waals surface area contributed by atoms with Crippen molar-refractivity contribution >= 4 is 22.2 Å². The molecule has 3 aromatic rings. The number of rotatable bonds is 7. The van der Waals surface area contributed by atoms with E-state index in [1.807, 2.05) is 19.1 Å². The Morgan fingerprint density at radius 2 is 2.00 bits per heavy atom. The maximum absolute atomic E-state index is 5.63. The monoisotopic (exact) mass is 422 g/mol. The Bertz CT molecular complexity index is 953. The zero-order valence-electron chi connectivity index (χ0n) is 17.9. The van der Waals surface area contributed by atoms with Gasteiger partial charge in [-0.25, -0.2) is 4.98 Å². The van der Waals surface area contributed by atoms with Gasteiger partial charge in [0.05, 0.1) is 12.8 Å². The Morgan fingerprint density at radius 1 is 1.17 bits per heavy atom. The first-order valence-electron chi connectivity index (χ1n) is 10.5. The summed E-state index contributed by atoms with van der Waals surface area (Å²) in [6, 6.07) is 17.7. The third kappa shape index (κ3) is 4.83. The van der Waals surface area contributed by atoms with Crippen LogP contribution in [0.15, 0.2) is 48.5 Å². The molecule has 5 nitrogen and oxygen atoms in total. The van der Waals surface area contributed by atoms with Crippen LogP contribution in [0.2, 0.25) is 0 Å². The molecule has 0 amide bonds. The molecule has 0 spiro atoms. The SMILES string of the molecule is COc1ccc(Nc2nc(C)c(C)s2)cc1CN[C@H]1CCCN[C@H]1c1ccccc1. The Hall–Kier alpha value is -2.41. The molecule has 1 saturated heterocycles. The van der Waals surface area contributed by atoms with E-state index >= 15 is 0 Å². The van der Waals surface area contributed by atoms with E-state index in [9.17, 15) is 0 Å². The van der Waals surface area contributed by atoms with Gasteiger partial charge in [-0.05, 0) is 57.0 Å². The number of thiazole rings is 1. The molecule has 0 aliphatic carbocycles. The minimum Gasteiger partial charge on any atom is -0.496 e. The van der Waals surface area contributed by atoms with Crippen LogP contribution >= 0.6 is 11.3 Å². The molecule has 6 heteroatoms. The van der Waals surface area contributed by atoms with Crippen molar-refractivity contribution in [2.45, 2.75) is 45.3 Å². The summed E-state index contributed by atoms with van der Waals surface area (Å²) in [5.41, 5.74) is 4.59. The van der Waals surface area contributed by atoms with Gasteiger partial charge in [0.1, 0.15) is 5.75 Å². The highest BCUT2D eigenvalue weighted by Crippen LogP contribution is 2.29. The topological polar surface area (TPSA) is 58.2 Å². The summed E-state index contributed by atoms with van der Waals surface area (Å²) >= 11 is 1.68. The molecule has 30 heavy (non-hydrogen) atoms. The number of ether oxygens (including phenoxy) is 1. The molecule has 0 radical (unpaired) electrons. The summed E-state index contributed by atoms with van der Waals surface area (Å²) in [6.45, 7) is 5.96. The summed E-state index contributed by atoms with van der Waals surface area (Å²) in [5, 5.41) is 11.8. The maximum Gasteiger partial charge on any atom is 0.187 e. The van der Waals surface area contributed by atoms with Crippen molar-refractivity contribution in [1.29, 1.82) is 0 Å². The predicted molar refractivity (Wildman–Crippen MR) is 125 cm³/mol. The van der Waals surface area contributed by atoms with Crippen LogP contribution in [0.3, 0.4) is 0 Å². The normalized spacial score (nSPS) is 18.9. The van der Waals surface area contributed by atoms with Crippen molar-refractivity contribution in [2.75, 3.05) is 19.0 Å². The smallest absolute Gasteiger partial charge is 0.187 e. The van der Waals surface area contributed by atoms with Crippen LogP contribution in [0.5, 0.6) is 5.75 Å². The van der Waals surface area contributed by atoms with Crippen LogP contribution < -0.4 is 20.7 Å². The number of nitrogens with zero attached hydrogens (tertiary/aromatic N) is 1. The molecular formula is C24H30N4OS. The second-order valence-electron chi connectivity index (χ2n) is 7.78. The Balaban J connectivity index is 1.48. The van der Waals surface area contributed by atoms with E-state index in [-0.39, 0.29) is 0 Å². The minimum absolute atomic E-state index is 0.327. The molecule has 0 saturated carbocycles. The fourth-order valence-corrected chi connectivity index (χ4v) is 4.84. The summed E-state index contributed by atoms with van der Waals surface area (Å²) < 4.78 is 5.63. The van der Waals surface area contributed by atoms with Crippen molar-refractivity contribution in [3.05, 3.63) is 70.2 Å². The summed E-state index contributed by atoms with van der Waals surface area (Å²) in [5.74, 6) is 0.902. The van der Waals surface area contributed by atoms with E-state index in [1.54, 1.807) is 18.4 Å². The highest BCUT2D eigenvalue weighted by molar-refractivity contribution is 7.15. The molecule has 158 valence electrons. The molecule has 1 aromatic heterocycles. The van der Waals surface area contributed by atoms with E-state index in [1.165, 1.54) is 16.9 Å². The molecular weight excluding hydrogens is 392 g/mol. The van der Waals surface area contributed by atoms with E-state index < -0.39 is 0 Å². The molecule has 2 atom stereocenters. The van der Waals surface area contributed by atoms with Crippen LogP contribution in [-0.4, -0.2) is 24.7 Å². The van der Waals surface area contributed by atoms with E-state index in [4.69, 9.17) is 4.74 Å². The van der Waals surface area contributed by atoms with Gasteiger partial charge < -0.3 is 20.7 Å². The first-order chi connectivity index (χ1) is 14.6. The number of nitrogens with one attached hydrogen (secondary N) is 3. The highest BCUT2D eigenvalue weighted by Gasteiger charge is 2.25. The minimum atomic E-state index is 0.327. The Morgan fingerprint density at radius 3 is 2.73 bits per heavy atom. The number of methoxy groups -OCH3 is 1. The summed E-state index contributed by atoms with van der Waals surface area (Å²) in [6.07, 6.45) is 2.34. The lowest BCUT2D eigenvalue weighted by atomic mass is 9.92. The van der Waals surface area contributed by atoms with Crippen molar-refractivity contribution in [2.24, 2.45) is 0 Å². The number of hydrogen-bond donors (Lipinski definition) is 3. The van der Waals surface area contributed by atoms with Gasteiger partial charge >= 0.3 is 0 Å². The summed E-state index contributed by atoms with van der Waals surface area (Å²) in [7, 11) is 1.73. The zero-order chi connectivity index (χ0) is 20.9. The van der Waals surface area contributed by atoms with Crippen LogP contribution in [-0.2, 0) is 6.54 Å². The van der Waals surface area contributed by atoms with Gasteiger partial charge in [-0.2, -0.15) is 0 Å². The second kappa shape index (κ2) is 9.60. The molecule has 2 aromatic carbocycles. The number of piperidine rings is 1. The van der Waals surface area contributed by atoms with Crippen molar-refractivity contribution in [3.63, 3.8) is 0 Å². The zero-order valence-corrected chi connectivity index (χ0v) is 18.7. The lowest BCUT2D eigenvalue weighted by Gasteiger charge is -2.34.